The zero-order valence-corrected chi connectivity index (χ0v) is 10.5. The summed E-state index contributed by atoms with van der Waals surface area (Å²) < 4.78 is 0. The largest absolute Gasteiger partial charge is 0.314 e. The van der Waals surface area contributed by atoms with E-state index in [1.165, 1.54) is 36.8 Å². The molecule has 0 spiro atoms. The molecule has 0 bridgehead atoms. The van der Waals surface area contributed by atoms with Crippen molar-refractivity contribution in [2.45, 2.75) is 45.6 Å². The molecular formula is C15H23N. The van der Waals surface area contributed by atoms with Gasteiger partial charge in [0, 0.05) is 6.04 Å². The van der Waals surface area contributed by atoms with Gasteiger partial charge in [-0.3, -0.25) is 0 Å². The van der Waals surface area contributed by atoms with Crippen molar-refractivity contribution in [3.8, 4) is 0 Å². The minimum absolute atomic E-state index is 0.755. The van der Waals surface area contributed by atoms with E-state index in [4.69, 9.17) is 0 Å². The Kier molecular flexibility index (Phi) is 4.00. The van der Waals surface area contributed by atoms with Crippen LogP contribution < -0.4 is 5.32 Å². The van der Waals surface area contributed by atoms with Crippen molar-refractivity contribution in [3.63, 3.8) is 0 Å². The first kappa shape index (κ1) is 11.7. The molecule has 16 heavy (non-hydrogen) atoms. The number of hydrogen-bond acceptors (Lipinski definition) is 1. The molecule has 1 aromatic rings. The highest BCUT2D eigenvalue weighted by Crippen LogP contribution is 2.34. The molecule has 1 nitrogen and oxygen atoms in total. The van der Waals surface area contributed by atoms with Crippen molar-refractivity contribution in [3.05, 3.63) is 35.4 Å². The first-order valence-corrected chi connectivity index (χ1v) is 6.58. The highest BCUT2D eigenvalue weighted by atomic mass is 14.9. The normalized spacial score (nSPS) is 17.4. The SMILES string of the molecule is CCNC(CCc1cccc(C)c1)C1CC1. The average Bonchev–Trinajstić information content (AvgIpc) is 3.08. The molecular weight excluding hydrogens is 194 g/mol. The predicted octanol–water partition coefficient (Wildman–Crippen LogP) is 3.32. The van der Waals surface area contributed by atoms with Crippen LogP contribution in [0.3, 0.4) is 0 Å². The Morgan fingerprint density at radius 3 is 2.81 bits per heavy atom. The number of rotatable bonds is 6. The molecule has 1 atom stereocenters. The van der Waals surface area contributed by atoms with Crippen LogP contribution in [0.5, 0.6) is 0 Å². The molecule has 1 unspecified atom stereocenters. The van der Waals surface area contributed by atoms with Crippen LogP contribution in [0.15, 0.2) is 24.3 Å². The molecule has 1 aliphatic carbocycles. The van der Waals surface area contributed by atoms with Gasteiger partial charge in [0.05, 0.1) is 0 Å². The van der Waals surface area contributed by atoms with E-state index in [0.717, 1.165) is 18.5 Å². The summed E-state index contributed by atoms with van der Waals surface area (Å²) in [5.41, 5.74) is 2.87. The van der Waals surface area contributed by atoms with E-state index in [9.17, 15) is 0 Å². The third-order valence-electron chi connectivity index (χ3n) is 3.48. The van der Waals surface area contributed by atoms with Crippen molar-refractivity contribution in [1.29, 1.82) is 0 Å². The van der Waals surface area contributed by atoms with Gasteiger partial charge >= 0.3 is 0 Å². The van der Waals surface area contributed by atoms with Crippen molar-refractivity contribution in [2.75, 3.05) is 6.54 Å². The van der Waals surface area contributed by atoms with E-state index in [2.05, 4.69) is 43.4 Å². The highest BCUT2D eigenvalue weighted by molar-refractivity contribution is 5.22. The molecule has 2 rings (SSSR count). The summed E-state index contributed by atoms with van der Waals surface area (Å²) in [6.45, 7) is 5.49. The zero-order valence-electron chi connectivity index (χ0n) is 10.5. The summed E-state index contributed by atoms with van der Waals surface area (Å²) in [5.74, 6) is 0.963. The fourth-order valence-corrected chi connectivity index (χ4v) is 2.46. The molecule has 1 saturated carbocycles. The lowest BCUT2D eigenvalue weighted by molar-refractivity contribution is 0.446. The maximum Gasteiger partial charge on any atom is 0.00983 e. The molecule has 88 valence electrons. The van der Waals surface area contributed by atoms with Crippen LogP contribution in [0.2, 0.25) is 0 Å². The Morgan fingerprint density at radius 2 is 2.19 bits per heavy atom. The van der Waals surface area contributed by atoms with Crippen molar-refractivity contribution in [2.24, 2.45) is 5.92 Å². The highest BCUT2D eigenvalue weighted by Gasteiger charge is 2.29. The lowest BCUT2D eigenvalue weighted by atomic mass is 10.0. The van der Waals surface area contributed by atoms with E-state index in [0.29, 0.717) is 0 Å². The van der Waals surface area contributed by atoms with Gasteiger partial charge in [-0.15, -0.1) is 0 Å². The fraction of sp³-hybridized carbons (Fsp3) is 0.600. The number of hydrogen-bond donors (Lipinski definition) is 1. The monoisotopic (exact) mass is 217 g/mol. The van der Waals surface area contributed by atoms with Gasteiger partial charge in [0.2, 0.25) is 0 Å². The quantitative estimate of drug-likeness (QED) is 0.771. The summed E-state index contributed by atoms with van der Waals surface area (Å²) in [4.78, 5) is 0. The van der Waals surface area contributed by atoms with Gasteiger partial charge in [0.25, 0.3) is 0 Å². The zero-order chi connectivity index (χ0) is 11.4. The van der Waals surface area contributed by atoms with Crippen LogP contribution in [0.1, 0.15) is 37.3 Å². The van der Waals surface area contributed by atoms with Crippen molar-refractivity contribution < 1.29 is 0 Å². The van der Waals surface area contributed by atoms with Crippen LogP contribution in [0.25, 0.3) is 0 Å². The van der Waals surface area contributed by atoms with Crippen molar-refractivity contribution >= 4 is 0 Å². The number of aryl methyl sites for hydroxylation is 2. The summed E-state index contributed by atoms with van der Waals surface area (Å²) >= 11 is 0. The van der Waals surface area contributed by atoms with Crippen LogP contribution >= 0.6 is 0 Å². The molecule has 0 amide bonds. The van der Waals surface area contributed by atoms with Gasteiger partial charge in [-0.1, -0.05) is 36.8 Å². The van der Waals surface area contributed by atoms with Gasteiger partial charge in [-0.25, -0.2) is 0 Å². The lowest BCUT2D eigenvalue weighted by Crippen LogP contribution is -2.31. The van der Waals surface area contributed by atoms with Gasteiger partial charge in [-0.2, -0.15) is 0 Å². The fourth-order valence-electron chi connectivity index (χ4n) is 2.46. The third-order valence-corrected chi connectivity index (χ3v) is 3.48. The van der Waals surface area contributed by atoms with Crippen LogP contribution in [0, 0.1) is 12.8 Å². The molecule has 1 aliphatic rings. The van der Waals surface area contributed by atoms with Crippen LogP contribution in [-0.4, -0.2) is 12.6 Å². The molecule has 1 heteroatoms. The van der Waals surface area contributed by atoms with E-state index >= 15 is 0 Å². The summed E-state index contributed by atoms with van der Waals surface area (Å²) in [6, 6.07) is 9.67. The second-order valence-corrected chi connectivity index (χ2v) is 5.03. The number of benzene rings is 1. The van der Waals surface area contributed by atoms with Gasteiger partial charge in [0.15, 0.2) is 0 Å². The second-order valence-electron chi connectivity index (χ2n) is 5.03. The lowest BCUT2D eigenvalue weighted by Gasteiger charge is -2.17. The summed E-state index contributed by atoms with van der Waals surface area (Å²) in [6.07, 6.45) is 5.38. The maximum absolute atomic E-state index is 3.63. The summed E-state index contributed by atoms with van der Waals surface area (Å²) in [7, 11) is 0. The van der Waals surface area contributed by atoms with Gasteiger partial charge in [0.1, 0.15) is 0 Å². The Balaban J connectivity index is 1.85. The van der Waals surface area contributed by atoms with Gasteiger partial charge in [-0.05, 0) is 50.6 Å². The first-order valence-electron chi connectivity index (χ1n) is 6.58. The molecule has 0 radical (unpaired) electrons. The van der Waals surface area contributed by atoms with Crippen LogP contribution in [0.4, 0.5) is 0 Å². The first-order chi connectivity index (χ1) is 7.79. The maximum atomic E-state index is 3.63. The Labute approximate surface area is 99.3 Å². The number of nitrogens with one attached hydrogen (secondary N) is 1. The predicted molar refractivity (Wildman–Crippen MR) is 69.7 cm³/mol. The van der Waals surface area contributed by atoms with E-state index in [-0.39, 0.29) is 0 Å². The minimum Gasteiger partial charge on any atom is -0.314 e. The van der Waals surface area contributed by atoms with E-state index in [1.54, 1.807) is 0 Å². The van der Waals surface area contributed by atoms with E-state index in [1.807, 2.05) is 0 Å². The topological polar surface area (TPSA) is 12.0 Å². The standard InChI is InChI=1S/C15H23N/c1-3-16-15(14-8-9-14)10-7-13-6-4-5-12(2)11-13/h4-6,11,14-16H,3,7-10H2,1-2H3. The Bertz CT molecular complexity index is 328. The smallest absolute Gasteiger partial charge is 0.00983 e. The average molecular weight is 217 g/mol. The Morgan fingerprint density at radius 1 is 1.38 bits per heavy atom. The second kappa shape index (κ2) is 5.49. The molecule has 1 N–H and O–H groups in total. The minimum atomic E-state index is 0.755. The molecule has 1 aromatic carbocycles. The van der Waals surface area contributed by atoms with Crippen molar-refractivity contribution in [1.82, 2.24) is 5.32 Å². The third kappa shape index (κ3) is 3.34. The van der Waals surface area contributed by atoms with Crippen LogP contribution in [-0.2, 0) is 6.42 Å². The molecule has 1 fully saturated rings. The molecule has 0 aromatic heterocycles. The Hall–Kier alpha value is -0.820. The molecule has 0 aliphatic heterocycles. The van der Waals surface area contributed by atoms with Gasteiger partial charge < -0.3 is 5.32 Å². The molecule has 0 heterocycles. The summed E-state index contributed by atoms with van der Waals surface area (Å²) in [5, 5.41) is 3.63. The van der Waals surface area contributed by atoms with E-state index < -0.39 is 0 Å². The molecule has 0 saturated heterocycles.